The number of nitrogens with zero attached hydrogens (tertiary/aromatic N) is 1. The van der Waals surface area contributed by atoms with Crippen LogP contribution in [0.15, 0.2) is 25.1 Å². The van der Waals surface area contributed by atoms with Gasteiger partial charge < -0.3 is 24.4 Å². The molecular weight excluding hydrogens is 348 g/mol. The molecule has 3 aliphatic rings. The number of hydrogen-bond acceptors (Lipinski definition) is 6. The van der Waals surface area contributed by atoms with Crippen molar-refractivity contribution in [2.45, 2.75) is 75.4 Å². The smallest absolute Gasteiger partial charge is 0.338 e. The van der Waals surface area contributed by atoms with Gasteiger partial charge in [0, 0.05) is 19.3 Å². The predicted molar refractivity (Wildman–Crippen MR) is 99.4 cm³/mol. The summed E-state index contributed by atoms with van der Waals surface area (Å²) in [6.45, 7) is 4.00. The molecule has 0 bridgehead atoms. The highest BCUT2D eigenvalue weighted by atomic mass is 16.6. The zero-order valence-electron chi connectivity index (χ0n) is 16.0. The van der Waals surface area contributed by atoms with Crippen molar-refractivity contribution in [1.82, 2.24) is 10.2 Å². The Hall–Kier alpha value is -1.86. The van der Waals surface area contributed by atoms with Crippen LogP contribution in [-0.2, 0) is 23.8 Å². The van der Waals surface area contributed by atoms with E-state index in [0.29, 0.717) is 0 Å². The van der Waals surface area contributed by atoms with Crippen LogP contribution in [0.25, 0.3) is 0 Å². The van der Waals surface area contributed by atoms with Crippen LogP contribution in [0.1, 0.15) is 51.4 Å². The summed E-state index contributed by atoms with van der Waals surface area (Å²) < 4.78 is 17.6. The van der Waals surface area contributed by atoms with E-state index in [4.69, 9.17) is 14.2 Å². The fourth-order valence-electron chi connectivity index (χ4n) is 3.66. The molecule has 0 aromatic carbocycles. The van der Waals surface area contributed by atoms with E-state index in [-0.39, 0.29) is 36.9 Å². The minimum absolute atomic E-state index is 0.158. The van der Waals surface area contributed by atoms with Crippen molar-refractivity contribution in [3.05, 3.63) is 25.1 Å². The molecule has 7 heteroatoms. The Labute approximate surface area is 160 Å². The van der Waals surface area contributed by atoms with E-state index >= 15 is 0 Å². The molecule has 0 aromatic heterocycles. The van der Waals surface area contributed by atoms with Crippen LogP contribution in [0.2, 0.25) is 0 Å². The molecule has 1 heterocycles. The van der Waals surface area contributed by atoms with Gasteiger partial charge in [0.05, 0.1) is 12.2 Å². The number of ether oxygens (including phenoxy) is 3. The number of nitrogens with one attached hydrogen (secondary N) is 1. The maximum atomic E-state index is 12.7. The number of carbonyl (C=O) groups is 2. The van der Waals surface area contributed by atoms with Crippen molar-refractivity contribution in [2.75, 3.05) is 13.7 Å². The molecule has 7 nitrogen and oxygen atoms in total. The summed E-state index contributed by atoms with van der Waals surface area (Å²) in [5.74, 6) is -0.429. The lowest BCUT2D eigenvalue weighted by Crippen LogP contribution is -2.42. The van der Waals surface area contributed by atoms with Gasteiger partial charge in [0.25, 0.3) is 0 Å². The number of likely N-dealkylation sites (N-methyl/N-ethyl adjacent to an activating group) is 1. The molecule has 1 aliphatic heterocycles. The molecule has 27 heavy (non-hydrogen) atoms. The van der Waals surface area contributed by atoms with Gasteiger partial charge >= 0.3 is 5.97 Å². The second-order valence-corrected chi connectivity index (χ2v) is 7.47. The first kappa shape index (κ1) is 19.9. The van der Waals surface area contributed by atoms with E-state index in [2.05, 4.69) is 11.9 Å². The molecule has 2 saturated carbocycles. The van der Waals surface area contributed by atoms with E-state index in [0.717, 1.165) is 51.4 Å². The topological polar surface area (TPSA) is 77.1 Å². The Bertz CT molecular complexity index is 581. The highest BCUT2D eigenvalue weighted by molar-refractivity contribution is 5.87. The maximum Gasteiger partial charge on any atom is 0.338 e. The summed E-state index contributed by atoms with van der Waals surface area (Å²) in [4.78, 5) is 25.8. The summed E-state index contributed by atoms with van der Waals surface area (Å²) in [6.07, 6.45) is 11.7. The van der Waals surface area contributed by atoms with Gasteiger partial charge in [0.1, 0.15) is 12.8 Å². The predicted octanol–water partition coefficient (Wildman–Crippen LogP) is 2.23. The quantitative estimate of drug-likeness (QED) is 0.490. The molecule has 2 atom stereocenters. The van der Waals surface area contributed by atoms with E-state index in [1.54, 1.807) is 24.3 Å². The monoisotopic (exact) mass is 378 g/mol. The Balaban J connectivity index is 1.47. The van der Waals surface area contributed by atoms with Crippen molar-refractivity contribution in [3.63, 3.8) is 0 Å². The fourth-order valence-corrected chi connectivity index (χ4v) is 3.66. The zero-order valence-corrected chi connectivity index (χ0v) is 16.0. The average Bonchev–Trinajstić information content (AvgIpc) is 3.16. The van der Waals surface area contributed by atoms with Crippen LogP contribution < -0.4 is 5.32 Å². The van der Waals surface area contributed by atoms with Gasteiger partial charge in [-0.15, -0.1) is 0 Å². The molecule has 0 aromatic rings. The molecule has 2 unspecified atom stereocenters. The molecular formula is C20H30N2O5. The van der Waals surface area contributed by atoms with Gasteiger partial charge in [-0.05, 0) is 57.6 Å². The highest BCUT2D eigenvalue weighted by Gasteiger charge is 2.47. The molecule has 2 aliphatic carbocycles. The van der Waals surface area contributed by atoms with Gasteiger partial charge in [-0.1, -0.05) is 6.58 Å². The normalized spacial score (nSPS) is 26.9. The van der Waals surface area contributed by atoms with Crippen LogP contribution >= 0.6 is 0 Å². The lowest BCUT2D eigenvalue weighted by Gasteiger charge is -2.28. The third-order valence-electron chi connectivity index (χ3n) is 5.37. The third-order valence-corrected chi connectivity index (χ3v) is 5.37. The minimum Gasteiger partial charge on any atom is -0.461 e. The average molecular weight is 378 g/mol. The molecule has 3 rings (SSSR count). The van der Waals surface area contributed by atoms with Crippen LogP contribution in [0.3, 0.4) is 0 Å². The fraction of sp³-hybridized carbons (Fsp3) is 0.700. The Morgan fingerprint density at radius 3 is 2.63 bits per heavy atom. The molecule has 1 N–H and O–H groups in total. The van der Waals surface area contributed by atoms with Crippen LogP contribution in [0, 0.1) is 0 Å². The van der Waals surface area contributed by atoms with Crippen molar-refractivity contribution in [2.24, 2.45) is 0 Å². The Morgan fingerprint density at radius 2 is 2.00 bits per heavy atom. The molecule has 3 fully saturated rings. The summed E-state index contributed by atoms with van der Waals surface area (Å²) >= 11 is 0. The first-order valence-electron chi connectivity index (χ1n) is 9.87. The maximum absolute atomic E-state index is 12.7. The second kappa shape index (κ2) is 8.89. The van der Waals surface area contributed by atoms with E-state index in [1.165, 1.54) is 6.08 Å². The number of esters is 1. The Morgan fingerprint density at radius 1 is 1.26 bits per heavy atom. The molecule has 1 saturated heterocycles. The molecule has 150 valence electrons. The van der Waals surface area contributed by atoms with E-state index in [9.17, 15) is 9.59 Å². The van der Waals surface area contributed by atoms with Gasteiger partial charge in [0.15, 0.2) is 5.60 Å². The number of amides is 1. The number of hydrogen-bond donors (Lipinski definition) is 1. The molecule has 0 spiro atoms. The van der Waals surface area contributed by atoms with Crippen LogP contribution in [0.5, 0.6) is 0 Å². The van der Waals surface area contributed by atoms with Crippen LogP contribution in [0.4, 0.5) is 0 Å². The second-order valence-electron chi connectivity index (χ2n) is 7.47. The van der Waals surface area contributed by atoms with E-state index < -0.39 is 5.60 Å². The molecule has 0 radical (unpaired) electrons. The van der Waals surface area contributed by atoms with Gasteiger partial charge in [-0.2, -0.15) is 0 Å². The lowest BCUT2D eigenvalue weighted by atomic mass is 10.0. The SMILES string of the molecule is C=CN(/C=C\C(=O)NC)C1CCC(COC(=O)C2(OC3CC3)CCCC2)O1. The minimum atomic E-state index is -0.734. The third kappa shape index (κ3) is 5.11. The summed E-state index contributed by atoms with van der Waals surface area (Å²) in [7, 11) is 1.57. The largest absolute Gasteiger partial charge is 0.461 e. The zero-order chi connectivity index (χ0) is 19.3. The van der Waals surface area contributed by atoms with Crippen molar-refractivity contribution >= 4 is 11.9 Å². The van der Waals surface area contributed by atoms with Gasteiger partial charge in [0.2, 0.25) is 5.91 Å². The first-order chi connectivity index (χ1) is 13.1. The van der Waals surface area contributed by atoms with E-state index in [1.807, 2.05) is 0 Å². The summed E-state index contributed by atoms with van der Waals surface area (Å²) in [5.41, 5.74) is -0.734. The van der Waals surface area contributed by atoms with Gasteiger partial charge in [-0.3, -0.25) is 4.79 Å². The number of rotatable bonds is 9. The van der Waals surface area contributed by atoms with Crippen molar-refractivity contribution in [3.8, 4) is 0 Å². The van der Waals surface area contributed by atoms with Gasteiger partial charge in [-0.25, -0.2) is 4.79 Å². The Kier molecular flexibility index (Phi) is 6.55. The first-order valence-corrected chi connectivity index (χ1v) is 9.87. The lowest BCUT2D eigenvalue weighted by molar-refractivity contribution is -0.178. The van der Waals surface area contributed by atoms with Crippen molar-refractivity contribution < 1.29 is 23.8 Å². The number of carbonyl (C=O) groups excluding carboxylic acids is 2. The summed E-state index contributed by atoms with van der Waals surface area (Å²) in [6, 6.07) is 0. The molecule has 1 amide bonds. The highest BCUT2D eigenvalue weighted by Crippen LogP contribution is 2.40. The summed E-state index contributed by atoms with van der Waals surface area (Å²) in [5, 5.41) is 2.53. The van der Waals surface area contributed by atoms with Crippen molar-refractivity contribution in [1.29, 1.82) is 0 Å². The van der Waals surface area contributed by atoms with Crippen LogP contribution in [-0.4, -0.2) is 54.5 Å². The standard InChI is InChI=1S/C20H30N2O5/c1-3-22(13-10-17(23)21-2)18-9-8-16(26-18)14-25-19(24)20(11-4-5-12-20)27-15-6-7-15/h3,10,13,15-16,18H,1,4-9,11-12,14H2,2H3,(H,21,23)/b13-10-.